The molecule has 2 atom stereocenters. The molecule has 78 valence electrons. The van der Waals surface area contributed by atoms with E-state index in [0.717, 1.165) is 6.54 Å². The van der Waals surface area contributed by atoms with Crippen molar-refractivity contribution in [1.29, 1.82) is 0 Å². The van der Waals surface area contributed by atoms with Crippen LogP contribution in [0.1, 0.15) is 46.5 Å². The van der Waals surface area contributed by atoms with Crippen molar-refractivity contribution < 1.29 is 4.74 Å². The largest absolute Gasteiger partial charge is 0.374 e. The van der Waals surface area contributed by atoms with E-state index in [1.165, 1.54) is 25.7 Å². The summed E-state index contributed by atoms with van der Waals surface area (Å²) >= 11 is 0. The molecule has 0 saturated heterocycles. The van der Waals surface area contributed by atoms with Crippen LogP contribution in [0.5, 0.6) is 0 Å². The summed E-state index contributed by atoms with van der Waals surface area (Å²) in [6.07, 6.45) is 5.89. The van der Waals surface area contributed by atoms with Gasteiger partial charge < -0.3 is 10.1 Å². The molecule has 0 aromatic carbocycles. The predicted octanol–water partition coefficient (Wildman–Crippen LogP) is 2.33. The highest BCUT2D eigenvalue weighted by molar-refractivity contribution is 4.84. The van der Waals surface area contributed by atoms with Gasteiger partial charge in [0, 0.05) is 6.04 Å². The molecule has 1 fully saturated rings. The first-order chi connectivity index (χ1) is 6.24. The van der Waals surface area contributed by atoms with Crippen molar-refractivity contribution in [3.05, 3.63) is 0 Å². The first kappa shape index (κ1) is 11.0. The molecular weight excluding hydrogens is 162 g/mol. The molecule has 1 rings (SSSR count). The molecule has 1 N–H and O–H groups in total. The summed E-state index contributed by atoms with van der Waals surface area (Å²) in [5, 5.41) is 3.56. The zero-order chi connectivity index (χ0) is 9.68. The third kappa shape index (κ3) is 3.65. The highest BCUT2D eigenvalue weighted by Crippen LogP contribution is 2.23. The quantitative estimate of drug-likeness (QED) is 0.710. The SMILES string of the molecule is CCCNC1CCCC1OC(C)C. The Morgan fingerprint density at radius 3 is 2.77 bits per heavy atom. The summed E-state index contributed by atoms with van der Waals surface area (Å²) in [6.45, 7) is 7.58. The van der Waals surface area contributed by atoms with Crippen LogP contribution in [0.3, 0.4) is 0 Å². The highest BCUT2D eigenvalue weighted by atomic mass is 16.5. The van der Waals surface area contributed by atoms with Crippen LogP contribution in [0.4, 0.5) is 0 Å². The maximum absolute atomic E-state index is 5.86. The van der Waals surface area contributed by atoms with E-state index >= 15 is 0 Å². The van der Waals surface area contributed by atoms with Crippen molar-refractivity contribution >= 4 is 0 Å². The van der Waals surface area contributed by atoms with Gasteiger partial charge in [-0.25, -0.2) is 0 Å². The standard InChI is InChI=1S/C11H23NO/c1-4-8-12-10-6-5-7-11(10)13-9(2)3/h9-12H,4-8H2,1-3H3. The molecule has 0 aliphatic heterocycles. The average Bonchev–Trinajstić information content (AvgIpc) is 2.48. The Morgan fingerprint density at radius 2 is 2.15 bits per heavy atom. The molecule has 0 bridgehead atoms. The fourth-order valence-corrected chi connectivity index (χ4v) is 2.00. The van der Waals surface area contributed by atoms with Gasteiger partial charge in [-0.2, -0.15) is 0 Å². The summed E-state index contributed by atoms with van der Waals surface area (Å²) in [5.41, 5.74) is 0. The van der Waals surface area contributed by atoms with Gasteiger partial charge >= 0.3 is 0 Å². The summed E-state index contributed by atoms with van der Waals surface area (Å²) in [7, 11) is 0. The fraction of sp³-hybridized carbons (Fsp3) is 1.00. The molecule has 0 heterocycles. The highest BCUT2D eigenvalue weighted by Gasteiger charge is 2.27. The van der Waals surface area contributed by atoms with E-state index in [-0.39, 0.29) is 0 Å². The van der Waals surface area contributed by atoms with Gasteiger partial charge in [0.15, 0.2) is 0 Å². The van der Waals surface area contributed by atoms with E-state index in [1.807, 2.05) is 0 Å². The monoisotopic (exact) mass is 185 g/mol. The first-order valence-corrected chi connectivity index (χ1v) is 5.63. The van der Waals surface area contributed by atoms with Crippen LogP contribution in [0.25, 0.3) is 0 Å². The smallest absolute Gasteiger partial charge is 0.0731 e. The molecule has 0 aromatic rings. The van der Waals surface area contributed by atoms with Crippen molar-refractivity contribution in [3.63, 3.8) is 0 Å². The lowest BCUT2D eigenvalue weighted by atomic mass is 10.2. The van der Waals surface area contributed by atoms with E-state index in [0.29, 0.717) is 18.2 Å². The van der Waals surface area contributed by atoms with Crippen LogP contribution in [0, 0.1) is 0 Å². The third-order valence-corrected chi connectivity index (χ3v) is 2.56. The van der Waals surface area contributed by atoms with Gasteiger partial charge in [0.05, 0.1) is 12.2 Å². The average molecular weight is 185 g/mol. The van der Waals surface area contributed by atoms with E-state index < -0.39 is 0 Å². The zero-order valence-electron chi connectivity index (χ0n) is 9.18. The van der Waals surface area contributed by atoms with Crippen LogP contribution in [-0.4, -0.2) is 24.8 Å². The Balaban J connectivity index is 2.26. The Bertz CT molecular complexity index is 136. The van der Waals surface area contributed by atoms with Gasteiger partial charge in [-0.15, -0.1) is 0 Å². The Kier molecular flexibility index (Phi) is 4.74. The molecule has 1 aliphatic rings. The molecular formula is C11H23NO. The summed E-state index contributed by atoms with van der Waals surface area (Å²) in [4.78, 5) is 0. The maximum Gasteiger partial charge on any atom is 0.0731 e. The number of nitrogens with one attached hydrogen (secondary N) is 1. The molecule has 0 aromatic heterocycles. The van der Waals surface area contributed by atoms with E-state index in [1.54, 1.807) is 0 Å². The van der Waals surface area contributed by atoms with E-state index in [2.05, 4.69) is 26.1 Å². The van der Waals surface area contributed by atoms with Crippen molar-refractivity contribution in [1.82, 2.24) is 5.32 Å². The fourth-order valence-electron chi connectivity index (χ4n) is 2.00. The third-order valence-electron chi connectivity index (χ3n) is 2.56. The number of hydrogen-bond donors (Lipinski definition) is 1. The van der Waals surface area contributed by atoms with Gasteiger partial charge in [-0.3, -0.25) is 0 Å². The minimum absolute atomic E-state index is 0.369. The minimum Gasteiger partial charge on any atom is -0.374 e. The second-order valence-corrected chi connectivity index (χ2v) is 4.21. The van der Waals surface area contributed by atoms with Crippen LogP contribution in [0.15, 0.2) is 0 Å². The van der Waals surface area contributed by atoms with Crippen molar-refractivity contribution in [3.8, 4) is 0 Å². The van der Waals surface area contributed by atoms with Crippen molar-refractivity contribution in [2.45, 2.75) is 64.7 Å². The first-order valence-electron chi connectivity index (χ1n) is 5.63. The van der Waals surface area contributed by atoms with Gasteiger partial charge in [0.1, 0.15) is 0 Å². The topological polar surface area (TPSA) is 21.3 Å². The number of rotatable bonds is 5. The molecule has 1 aliphatic carbocycles. The molecule has 1 saturated carbocycles. The normalized spacial score (nSPS) is 28.6. The molecule has 0 spiro atoms. The number of hydrogen-bond acceptors (Lipinski definition) is 2. The molecule has 0 amide bonds. The number of ether oxygens (including phenoxy) is 1. The molecule has 2 unspecified atom stereocenters. The summed E-state index contributed by atoms with van der Waals surface area (Å²) < 4.78 is 5.86. The van der Waals surface area contributed by atoms with Crippen LogP contribution in [-0.2, 0) is 4.74 Å². The van der Waals surface area contributed by atoms with Gasteiger partial charge in [0.25, 0.3) is 0 Å². The molecule has 2 heteroatoms. The lowest BCUT2D eigenvalue weighted by Crippen LogP contribution is -2.38. The van der Waals surface area contributed by atoms with Crippen molar-refractivity contribution in [2.24, 2.45) is 0 Å². The Labute approximate surface area is 82.0 Å². The van der Waals surface area contributed by atoms with Crippen LogP contribution in [0.2, 0.25) is 0 Å². The lowest BCUT2D eigenvalue weighted by molar-refractivity contribution is -0.00226. The van der Waals surface area contributed by atoms with Gasteiger partial charge in [-0.05, 0) is 46.1 Å². The van der Waals surface area contributed by atoms with Gasteiger partial charge in [0.2, 0.25) is 0 Å². The second kappa shape index (κ2) is 5.61. The Hall–Kier alpha value is -0.0800. The summed E-state index contributed by atoms with van der Waals surface area (Å²) in [5.74, 6) is 0. The van der Waals surface area contributed by atoms with Crippen LogP contribution >= 0.6 is 0 Å². The Morgan fingerprint density at radius 1 is 1.38 bits per heavy atom. The molecule has 2 nitrogen and oxygen atoms in total. The zero-order valence-corrected chi connectivity index (χ0v) is 9.18. The van der Waals surface area contributed by atoms with Gasteiger partial charge in [-0.1, -0.05) is 6.92 Å². The van der Waals surface area contributed by atoms with Crippen LogP contribution < -0.4 is 5.32 Å². The summed E-state index contributed by atoms with van der Waals surface area (Å²) in [6, 6.07) is 0.613. The second-order valence-electron chi connectivity index (χ2n) is 4.21. The van der Waals surface area contributed by atoms with Crippen molar-refractivity contribution in [2.75, 3.05) is 6.54 Å². The van der Waals surface area contributed by atoms with E-state index in [9.17, 15) is 0 Å². The molecule has 13 heavy (non-hydrogen) atoms. The minimum atomic E-state index is 0.369. The van der Waals surface area contributed by atoms with E-state index in [4.69, 9.17) is 4.74 Å². The maximum atomic E-state index is 5.86. The molecule has 0 radical (unpaired) electrons. The lowest BCUT2D eigenvalue weighted by Gasteiger charge is -2.23. The predicted molar refractivity (Wildman–Crippen MR) is 55.9 cm³/mol.